The van der Waals surface area contributed by atoms with E-state index >= 15 is 0 Å². The molecule has 0 bridgehead atoms. The Kier molecular flexibility index (Phi) is 3.24. The minimum atomic E-state index is -1.80. The molecule has 0 saturated carbocycles. The van der Waals surface area contributed by atoms with Crippen LogP contribution >= 0.6 is 11.6 Å². The van der Waals surface area contributed by atoms with E-state index in [1.54, 1.807) is 0 Å². The van der Waals surface area contributed by atoms with Crippen molar-refractivity contribution in [1.29, 1.82) is 0 Å². The first-order chi connectivity index (χ1) is 8.21. The first kappa shape index (κ1) is 13.5. The molecule has 18 heavy (non-hydrogen) atoms. The van der Waals surface area contributed by atoms with Gasteiger partial charge in [-0.15, -0.1) is 0 Å². The Morgan fingerprint density at radius 2 is 1.89 bits per heavy atom. The Morgan fingerprint density at radius 3 is 2.50 bits per heavy atom. The summed E-state index contributed by atoms with van der Waals surface area (Å²) in [6.07, 6.45) is 1.90. The summed E-state index contributed by atoms with van der Waals surface area (Å²) < 4.78 is 6.27. The van der Waals surface area contributed by atoms with Crippen LogP contribution in [-0.2, 0) is 0 Å². The van der Waals surface area contributed by atoms with E-state index in [0.29, 0.717) is 5.02 Å². The topological polar surface area (TPSA) is 25.0 Å². The van der Waals surface area contributed by atoms with E-state index in [-0.39, 0.29) is 5.04 Å². The normalized spacial score (nSPS) is 13.0. The van der Waals surface area contributed by atoms with Gasteiger partial charge in [0.05, 0.1) is 10.5 Å². The van der Waals surface area contributed by atoms with Crippen LogP contribution < -0.4 is 4.43 Å². The summed E-state index contributed by atoms with van der Waals surface area (Å²) in [5.41, 5.74) is 0.972. The molecule has 0 atom stereocenters. The number of aromatic amines is 1. The lowest BCUT2D eigenvalue weighted by atomic mass is 10.2. The molecule has 0 radical (unpaired) electrons. The van der Waals surface area contributed by atoms with Crippen LogP contribution in [0.1, 0.15) is 20.8 Å². The summed E-state index contributed by atoms with van der Waals surface area (Å²) in [6.45, 7) is 11.2. The Hall–Kier alpha value is -0.933. The zero-order valence-electron chi connectivity index (χ0n) is 11.6. The van der Waals surface area contributed by atoms with Gasteiger partial charge in [-0.2, -0.15) is 0 Å². The molecule has 0 unspecified atom stereocenters. The Labute approximate surface area is 114 Å². The van der Waals surface area contributed by atoms with E-state index < -0.39 is 8.32 Å². The minimum Gasteiger partial charge on any atom is -0.543 e. The second-order valence-electron chi connectivity index (χ2n) is 6.21. The maximum Gasteiger partial charge on any atom is 0.250 e. The van der Waals surface area contributed by atoms with Gasteiger partial charge in [-0.1, -0.05) is 32.4 Å². The Morgan fingerprint density at radius 1 is 1.22 bits per heavy atom. The first-order valence-corrected chi connectivity index (χ1v) is 9.45. The standard InChI is InChI=1S/C14H20ClNOSi/c1-14(2,3)18(4,5)17-11-8-10-6-7-16-13(10)12(15)9-11/h6-9,16H,1-5H3. The predicted molar refractivity (Wildman–Crippen MR) is 81.1 cm³/mol. The van der Waals surface area contributed by atoms with Crippen molar-refractivity contribution in [3.8, 4) is 5.75 Å². The van der Waals surface area contributed by atoms with E-state index in [1.807, 2.05) is 18.3 Å². The van der Waals surface area contributed by atoms with Crippen molar-refractivity contribution < 1.29 is 4.43 Å². The highest BCUT2D eigenvalue weighted by Gasteiger charge is 2.39. The molecule has 4 heteroatoms. The molecule has 1 N–H and O–H groups in total. The molecule has 2 aromatic rings. The molecule has 0 aliphatic rings. The van der Waals surface area contributed by atoms with Crippen LogP contribution in [0.25, 0.3) is 10.9 Å². The lowest BCUT2D eigenvalue weighted by molar-refractivity contribution is 0.493. The van der Waals surface area contributed by atoms with Gasteiger partial charge in [0.2, 0.25) is 8.32 Å². The summed E-state index contributed by atoms with van der Waals surface area (Å²) >= 11 is 6.25. The van der Waals surface area contributed by atoms with Crippen LogP contribution in [0, 0.1) is 0 Å². The average molecular weight is 282 g/mol. The minimum absolute atomic E-state index is 0.187. The van der Waals surface area contributed by atoms with Gasteiger partial charge in [-0.05, 0) is 36.3 Å². The number of benzene rings is 1. The molecule has 2 rings (SSSR count). The molecular weight excluding hydrogens is 262 g/mol. The fourth-order valence-corrected chi connectivity index (χ4v) is 2.89. The predicted octanol–water partition coefficient (Wildman–Crippen LogP) is 5.21. The molecule has 98 valence electrons. The fraction of sp³-hybridized carbons (Fsp3) is 0.429. The number of hydrogen-bond donors (Lipinski definition) is 1. The van der Waals surface area contributed by atoms with Crippen molar-refractivity contribution in [3.05, 3.63) is 29.4 Å². The molecule has 0 aliphatic carbocycles. The largest absolute Gasteiger partial charge is 0.543 e. The van der Waals surface area contributed by atoms with E-state index in [0.717, 1.165) is 16.7 Å². The number of nitrogens with one attached hydrogen (secondary N) is 1. The van der Waals surface area contributed by atoms with E-state index in [9.17, 15) is 0 Å². The van der Waals surface area contributed by atoms with Crippen LogP contribution in [0.3, 0.4) is 0 Å². The Balaban J connectivity index is 2.38. The van der Waals surface area contributed by atoms with Crippen molar-refractivity contribution >= 4 is 30.8 Å². The zero-order valence-corrected chi connectivity index (χ0v) is 13.4. The summed E-state index contributed by atoms with van der Waals surface area (Å²) in [5, 5.41) is 1.99. The van der Waals surface area contributed by atoms with Crippen LogP contribution in [0.15, 0.2) is 24.4 Å². The van der Waals surface area contributed by atoms with Gasteiger partial charge >= 0.3 is 0 Å². The number of hydrogen-bond acceptors (Lipinski definition) is 1. The molecule has 0 spiro atoms. The van der Waals surface area contributed by atoms with Gasteiger partial charge in [0.25, 0.3) is 0 Å². The zero-order chi connectivity index (χ0) is 13.6. The molecule has 0 saturated heterocycles. The van der Waals surface area contributed by atoms with Gasteiger partial charge < -0.3 is 9.41 Å². The molecule has 1 heterocycles. The van der Waals surface area contributed by atoms with Crippen molar-refractivity contribution in [3.63, 3.8) is 0 Å². The van der Waals surface area contributed by atoms with Gasteiger partial charge in [0.1, 0.15) is 5.75 Å². The molecule has 0 fully saturated rings. The lowest BCUT2D eigenvalue weighted by Gasteiger charge is -2.36. The first-order valence-electron chi connectivity index (χ1n) is 6.16. The summed E-state index contributed by atoms with van der Waals surface area (Å²) in [6, 6.07) is 5.97. The van der Waals surface area contributed by atoms with Crippen molar-refractivity contribution in [2.24, 2.45) is 0 Å². The molecule has 0 amide bonds. The van der Waals surface area contributed by atoms with Crippen molar-refractivity contribution in [2.75, 3.05) is 0 Å². The van der Waals surface area contributed by atoms with E-state index in [4.69, 9.17) is 16.0 Å². The van der Waals surface area contributed by atoms with Crippen molar-refractivity contribution in [1.82, 2.24) is 4.98 Å². The van der Waals surface area contributed by atoms with Gasteiger partial charge in [0.15, 0.2) is 0 Å². The van der Waals surface area contributed by atoms with Crippen molar-refractivity contribution in [2.45, 2.75) is 38.9 Å². The lowest BCUT2D eigenvalue weighted by Crippen LogP contribution is -2.43. The van der Waals surface area contributed by atoms with Crippen LogP contribution in [0.5, 0.6) is 5.75 Å². The SMILES string of the molecule is CC(C)(C)[Si](C)(C)Oc1cc(Cl)c2[nH]ccc2c1. The number of H-pyrrole nitrogens is 1. The quantitative estimate of drug-likeness (QED) is 0.752. The van der Waals surface area contributed by atoms with Gasteiger partial charge in [-0.25, -0.2) is 0 Å². The number of rotatable bonds is 2. The van der Waals surface area contributed by atoms with E-state index in [2.05, 4.69) is 44.9 Å². The molecular formula is C14H20ClNOSi. The summed E-state index contributed by atoms with van der Waals surface area (Å²) in [4.78, 5) is 3.13. The highest BCUT2D eigenvalue weighted by Crippen LogP contribution is 2.38. The smallest absolute Gasteiger partial charge is 0.250 e. The number of halogens is 1. The molecule has 1 aromatic heterocycles. The van der Waals surface area contributed by atoms with Crippen LogP contribution in [-0.4, -0.2) is 13.3 Å². The van der Waals surface area contributed by atoms with E-state index in [1.165, 1.54) is 0 Å². The third kappa shape index (κ3) is 2.42. The van der Waals surface area contributed by atoms with Gasteiger partial charge in [-0.3, -0.25) is 0 Å². The van der Waals surface area contributed by atoms with Crippen LogP contribution in [0.2, 0.25) is 23.2 Å². The average Bonchev–Trinajstić information content (AvgIpc) is 2.63. The second kappa shape index (κ2) is 4.32. The summed E-state index contributed by atoms with van der Waals surface area (Å²) in [5.74, 6) is 0.874. The maximum absolute atomic E-state index is 6.27. The molecule has 1 aromatic carbocycles. The Bertz CT molecular complexity index is 569. The maximum atomic E-state index is 6.27. The monoisotopic (exact) mass is 281 g/mol. The second-order valence-corrected chi connectivity index (χ2v) is 11.3. The van der Waals surface area contributed by atoms with Crippen LogP contribution in [0.4, 0.5) is 0 Å². The molecule has 0 aliphatic heterocycles. The molecule has 2 nitrogen and oxygen atoms in total. The third-order valence-corrected chi connectivity index (χ3v) is 8.42. The number of aromatic nitrogens is 1. The number of fused-ring (bicyclic) bond motifs is 1. The highest BCUT2D eigenvalue weighted by atomic mass is 35.5. The summed E-state index contributed by atoms with van der Waals surface area (Å²) in [7, 11) is -1.80. The fourth-order valence-electron chi connectivity index (χ4n) is 1.61. The highest BCUT2D eigenvalue weighted by molar-refractivity contribution is 6.74. The van der Waals surface area contributed by atoms with Gasteiger partial charge in [0, 0.05) is 11.6 Å². The third-order valence-electron chi connectivity index (χ3n) is 3.76.